The molecule has 0 bridgehead atoms. The summed E-state index contributed by atoms with van der Waals surface area (Å²) in [5.74, 6) is -2.26. The first kappa shape index (κ1) is 14.0. The quantitative estimate of drug-likeness (QED) is 0.826. The molecule has 0 aliphatic carbocycles. The van der Waals surface area contributed by atoms with E-state index in [1.807, 2.05) is 6.92 Å². The van der Waals surface area contributed by atoms with Crippen molar-refractivity contribution in [3.05, 3.63) is 58.7 Å². The maximum Gasteiger partial charge on any atom is 0.258 e. The summed E-state index contributed by atoms with van der Waals surface area (Å²) in [6, 6.07) is 6.98. The summed E-state index contributed by atoms with van der Waals surface area (Å²) in [5.41, 5.74) is 7.48. The molecular formula is C15H14F2N2O. The third kappa shape index (κ3) is 2.77. The molecule has 2 rings (SSSR count). The highest BCUT2D eigenvalue weighted by atomic mass is 19.1. The number of hydrogen-bond acceptors (Lipinski definition) is 2. The van der Waals surface area contributed by atoms with Crippen molar-refractivity contribution in [1.29, 1.82) is 0 Å². The van der Waals surface area contributed by atoms with Crippen molar-refractivity contribution < 1.29 is 13.6 Å². The third-order valence-corrected chi connectivity index (χ3v) is 2.95. The number of nitrogen functional groups attached to an aromatic ring is 1. The summed E-state index contributed by atoms with van der Waals surface area (Å²) in [5, 5.41) is 2.51. The summed E-state index contributed by atoms with van der Waals surface area (Å²) in [7, 11) is 0. The lowest BCUT2D eigenvalue weighted by Gasteiger charge is -2.10. The predicted molar refractivity (Wildman–Crippen MR) is 74.6 cm³/mol. The van der Waals surface area contributed by atoms with Crippen molar-refractivity contribution in [2.24, 2.45) is 0 Å². The zero-order chi connectivity index (χ0) is 14.9. The predicted octanol–water partition coefficient (Wildman–Crippen LogP) is 3.42. The van der Waals surface area contributed by atoms with Crippen LogP contribution in [0, 0.1) is 25.5 Å². The molecule has 0 unspecified atom stereocenters. The maximum absolute atomic E-state index is 13.6. The van der Waals surface area contributed by atoms with E-state index in [9.17, 15) is 13.6 Å². The van der Waals surface area contributed by atoms with Crippen LogP contribution in [-0.4, -0.2) is 5.91 Å². The lowest BCUT2D eigenvalue weighted by molar-refractivity contribution is 0.102. The number of hydrogen-bond donors (Lipinski definition) is 2. The lowest BCUT2D eigenvalue weighted by Crippen LogP contribution is -2.15. The van der Waals surface area contributed by atoms with Gasteiger partial charge in [0.25, 0.3) is 5.91 Å². The number of anilines is 2. The standard InChI is InChI=1S/C15H14F2N2O/c1-8-3-4-14(13(18)5-8)19-15(20)10-6-9(2)11(16)7-12(10)17/h3-7H,18H2,1-2H3,(H,19,20). The van der Waals surface area contributed by atoms with Gasteiger partial charge in [0, 0.05) is 6.07 Å². The fourth-order valence-corrected chi connectivity index (χ4v) is 1.82. The lowest BCUT2D eigenvalue weighted by atomic mass is 10.1. The summed E-state index contributed by atoms with van der Waals surface area (Å²) >= 11 is 0. The van der Waals surface area contributed by atoms with Gasteiger partial charge in [-0.05, 0) is 43.2 Å². The number of carbonyl (C=O) groups excluding carboxylic acids is 1. The Morgan fingerprint density at radius 1 is 1.10 bits per heavy atom. The van der Waals surface area contributed by atoms with Crippen LogP contribution in [0.5, 0.6) is 0 Å². The van der Waals surface area contributed by atoms with Crippen LogP contribution in [0.25, 0.3) is 0 Å². The van der Waals surface area contributed by atoms with Gasteiger partial charge in [-0.25, -0.2) is 8.78 Å². The van der Waals surface area contributed by atoms with Crippen LogP contribution < -0.4 is 11.1 Å². The molecule has 0 fully saturated rings. The Morgan fingerprint density at radius 3 is 2.45 bits per heavy atom. The van der Waals surface area contributed by atoms with E-state index in [0.29, 0.717) is 17.4 Å². The first-order valence-electron chi connectivity index (χ1n) is 6.01. The average molecular weight is 276 g/mol. The highest BCUT2D eigenvalue weighted by molar-refractivity contribution is 6.06. The van der Waals surface area contributed by atoms with E-state index >= 15 is 0 Å². The van der Waals surface area contributed by atoms with E-state index in [2.05, 4.69) is 5.32 Å². The third-order valence-electron chi connectivity index (χ3n) is 2.95. The van der Waals surface area contributed by atoms with Gasteiger partial charge in [-0.15, -0.1) is 0 Å². The zero-order valence-corrected chi connectivity index (χ0v) is 11.1. The summed E-state index contributed by atoms with van der Waals surface area (Å²) < 4.78 is 26.8. The second kappa shape index (κ2) is 5.28. The SMILES string of the molecule is Cc1ccc(NC(=O)c2cc(C)c(F)cc2F)c(N)c1. The zero-order valence-electron chi connectivity index (χ0n) is 11.1. The maximum atomic E-state index is 13.6. The Bertz CT molecular complexity index is 684. The molecule has 3 N–H and O–H groups in total. The van der Waals surface area contributed by atoms with Crippen molar-refractivity contribution in [1.82, 2.24) is 0 Å². The average Bonchev–Trinajstić information content (AvgIpc) is 2.37. The molecule has 0 saturated heterocycles. The van der Waals surface area contributed by atoms with Gasteiger partial charge in [0.1, 0.15) is 11.6 Å². The van der Waals surface area contributed by atoms with Crippen molar-refractivity contribution in [2.75, 3.05) is 11.1 Å². The second-order valence-electron chi connectivity index (χ2n) is 4.63. The van der Waals surface area contributed by atoms with Crippen molar-refractivity contribution in [3.8, 4) is 0 Å². The van der Waals surface area contributed by atoms with E-state index in [1.165, 1.54) is 13.0 Å². The van der Waals surface area contributed by atoms with Crippen LogP contribution in [0.3, 0.4) is 0 Å². The topological polar surface area (TPSA) is 55.1 Å². The van der Waals surface area contributed by atoms with E-state index in [1.54, 1.807) is 18.2 Å². The molecule has 2 aromatic carbocycles. The van der Waals surface area contributed by atoms with Crippen molar-refractivity contribution in [3.63, 3.8) is 0 Å². The Hall–Kier alpha value is -2.43. The molecule has 0 spiro atoms. The van der Waals surface area contributed by atoms with E-state index in [0.717, 1.165) is 5.56 Å². The van der Waals surface area contributed by atoms with Crippen LogP contribution in [-0.2, 0) is 0 Å². The number of amides is 1. The number of rotatable bonds is 2. The van der Waals surface area contributed by atoms with Gasteiger partial charge >= 0.3 is 0 Å². The first-order valence-corrected chi connectivity index (χ1v) is 6.01. The molecule has 0 aliphatic heterocycles. The number of carbonyl (C=O) groups is 1. The van der Waals surface area contributed by atoms with Crippen LogP contribution in [0.4, 0.5) is 20.2 Å². The van der Waals surface area contributed by atoms with Crippen LogP contribution in [0.2, 0.25) is 0 Å². The van der Waals surface area contributed by atoms with Crippen molar-refractivity contribution in [2.45, 2.75) is 13.8 Å². The van der Waals surface area contributed by atoms with Gasteiger partial charge in [0.2, 0.25) is 0 Å². The van der Waals surface area contributed by atoms with Gasteiger partial charge in [0.15, 0.2) is 0 Å². The molecule has 20 heavy (non-hydrogen) atoms. The molecule has 1 amide bonds. The number of benzene rings is 2. The monoisotopic (exact) mass is 276 g/mol. The highest BCUT2D eigenvalue weighted by Gasteiger charge is 2.15. The molecule has 2 aromatic rings. The van der Waals surface area contributed by atoms with E-state index in [-0.39, 0.29) is 11.1 Å². The Balaban J connectivity index is 2.31. The molecule has 0 atom stereocenters. The molecular weight excluding hydrogens is 262 g/mol. The Labute approximate surface area is 115 Å². The second-order valence-corrected chi connectivity index (χ2v) is 4.63. The highest BCUT2D eigenvalue weighted by Crippen LogP contribution is 2.21. The van der Waals surface area contributed by atoms with Crippen molar-refractivity contribution >= 4 is 17.3 Å². The van der Waals surface area contributed by atoms with Gasteiger partial charge in [0.05, 0.1) is 16.9 Å². The fourth-order valence-electron chi connectivity index (χ4n) is 1.82. The minimum atomic E-state index is -0.906. The Kier molecular flexibility index (Phi) is 3.70. The molecule has 0 aliphatic rings. The van der Waals surface area contributed by atoms with Gasteiger partial charge in [-0.3, -0.25) is 4.79 Å². The van der Waals surface area contributed by atoms with Gasteiger partial charge < -0.3 is 11.1 Å². The van der Waals surface area contributed by atoms with E-state index < -0.39 is 17.5 Å². The summed E-state index contributed by atoms with van der Waals surface area (Å²) in [6.45, 7) is 3.33. The van der Waals surface area contributed by atoms with E-state index in [4.69, 9.17) is 5.73 Å². The number of aryl methyl sites for hydroxylation is 2. The minimum absolute atomic E-state index is 0.202. The Morgan fingerprint density at radius 2 is 1.80 bits per heavy atom. The molecule has 104 valence electrons. The number of halogens is 2. The summed E-state index contributed by atoms with van der Waals surface area (Å²) in [6.07, 6.45) is 0. The molecule has 0 heterocycles. The number of nitrogens with one attached hydrogen (secondary N) is 1. The summed E-state index contributed by atoms with van der Waals surface area (Å²) in [4.78, 5) is 12.0. The largest absolute Gasteiger partial charge is 0.397 e. The molecule has 3 nitrogen and oxygen atoms in total. The van der Waals surface area contributed by atoms with Crippen LogP contribution in [0.1, 0.15) is 21.5 Å². The molecule has 0 aromatic heterocycles. The van der Waals surface area contributed by atoms with Gasteiger partial charge in [-0.1, -0.05) is 6.07 Å². The minimum Gasteiger partial charge on any atom is -0.397 e. The fraction of sp³-hybridized carbons (Fsp3) is 0.133. The molecule has 0 radical (unpaired) electrons. The van der Waals surface area contributed by atoms with Gasteiger partial charge in [-0.2, -0.15) is 0 Å². The van der Waals surface area contributed by atoms with Crippen LogP contribution >= 0.6 is 0 Å². The van der Waals surface area contributed by atoms with Crippen LogP contribution in [0.15, 0.2) is 30.3 Å². The smallest absolute Gasteiger partial charge is 0.258 e. The molecule has 0 saturated carbocycles. The normalized spacial score (nSPS) is 10.4. The number of nitrogens with two attached hydrogens (primary N) is 1. The molecule has 5 heteroatoms. The first-order chi connectivity index (χ1) is 9.38.